The first-order valence-corrected chi connectivity index (χ1v) is 3.33. The summed E-state index contributed by atoms with van der Waals surface area (Å²) < 4.78 is 0. The summed E-state index contributed by atoms with van der Waals surface area (Å²) in [4.78, 5) is 13.8. The molecule has 58 valence electrons. The van der Waals surface area contributed by atoms with E-state index in [-0.39, 0.29) is 10.8 Å². The number of carbonyl (C=O) groups is 1. The van der Waals surface area contributed by atoms with Crippen LogP contribution in [0.25, 0.3) is 0 Å². The summed E-state index contributed by atoms with van der Waals surface area (Å²) in [7, 11) is 0. The van der Waals surface area contributed by atoms with E-state index in [1.54, 1.807) is 13.0 Å². The molecule has 0 aliphatic rings. The van der Waals surface area contributed by atoms with Crippen molar-refractivity contribution in [3.8, 4) is 0 Å². The Labute approximate surface area is 68.6 Å². The van der Waals surface area contributed by atoms with Gasteiger partial charge in [-0.2, -0.15) is 0 Å². The molecule has 11 heavy (non-hydrogen) atoms. The van der Waals surface area contributed by atoms with Gasteiger partial charge in [0.15, 0.2) is 0 Å². The summed E-state index contributed by atoms with van der Waals surface area (Å²) in [5.74, 6) is -1.31. The molecule has 0 aliphatic carbocycles. The number of nitrogens with zero attached hydrogens (tertiary/aromatic N) is 1. The highest BCUT2D eigenvalue weighted by atomic mass is 35.5. The Morgan fingerprint density at radius 2 is 2.27 bits per heavy atom. The Hall–Kier alpha value is -1.09. The molecular formula is C7H5ClNO2-. The standard InChI is InChI=1S/C7H6ClNO2/c1-4-2-3-5(7(10)11)9-6(4)8/h2-3H,1H3,(H,10,11)/p-1. The van der Waals surface area contributed by atoms with Gasteiger partial charge in [-0.3, -0.25) is 0 Å². The second-order valence-corrected chi connectivity index (χ2v) is 2.45. The number of aromatic carboxylic acids is 1. The third kappa shape index (κ3) is 1.68. The van der Waals surface area contributed by atoms with Gasteiger partial charge in [0.05, 0.1) is 11.7 Å². The van der Waals surface area contributed by atoms with E-state index in [1.165, 1.54) is 6.07 Å². The molecule has 0 aliphatic heterocycles. The highest BCUT2D eigenvalue weighted by molar-refractivity contribution is 6.30. The molecule has 1 heterocycles. The molecule has 0 atom stereocenters. The average Bonchev–Trinajstić information content (AvgIpc) is 1.94. The number of aryl methyl sites for hydroxylation is 1. The van der Waals surface area contributed by atoms with Crippen molar-refractivity contribution in [2.24, 2.45) is 0 Å². The van der Waals surface area contributed by atoms with Crippen LogP contribution in [0.5, 0.6) is 0 Å². The fourth-order valence-electron chi connectivity index (χ4n) is 0.618. The fourth-order valence-corrected chi connectivity index (χ4v) is 0.772. The predicted octanol–water partition coefficient (Wildman–Crippen LogP) is 0.407. The molecule has 0 radical (unpaired) electrons. The van der Waals surface area contributed by atoms with E-state index in [2.05, 4.69) is 4.98 Å². The van der Waals surface area contributed by atoms with E-state index >= 15 is 0 Å². The molecule has 0 aromatic carbocycles. The summed E-state index contributed by atoms with van der Waals surface area (Å²) in [6.45, 7) is 1.74. The quantitative estimate of drug-likeness (QED) is 0.574. The predicted molar refractivity (Wildman–Crippen MR) is 38.3 cm³/mol. The van der Waals surface area contributed by atoms with Crippen molar-refractivity contribution in [1.29, 1.82) is 0 Å². The summed E-state index contributed by atoms with van der Waals surface area (Å²) in [5.41, 5.74) is 0.609. The van der Waals surface area contributed by atoms with Gasteiger partial charge in [-0.05, 0) is 18.6 Å². The summed E-state index contributed by atoms with van der Waals surface area (Å²) >= 11 is 5.56. The Kier molecular flexibility index (Phi) is 2.10. The molecule has 3 nitrogen and oxygen atoms in total. The number of carboxylic acids is 1. The molecule has 0 saturated carbocycles. The van der Waals surface area contributed by atoms with Crippen LogP contribution in [0.1, 0.15) is 16.1 Å². The number of halogens is 1. The molecule has 0 bridgehead atoms. The van der Waals surface area contributed by atoms with Crippen LogP contribution in [0, 0.1) is 6.92 Å². The van der Waals surface area contributed by atoms with Crippen LogP contribution in [0.4, 0.5) is 0 Å². The third-order valence-corrected chi connectivity index (χ3v) is 1.63. The molecule has 0 amide bonds. The summed E-state index contributed by atoms with van der Waals surface area (Å²) in [5, 5.41) is 10.4. The monoisotopic (exact) mass is 170 g/mol. The lowest BCUT2D eigenvalue weighted by Gasteiger charge is -2.02. The number of hydrogen-bond acceptors (Lipinski definition) is 3. The first-order valence-electron chi connectivity index (χ1n) is 2.96. The molecule has 0 unspecified atom stereocenters. The number of hydrogen-bond donors (Lipinski definition) is 0. The lowest BCUT2D eigenvalue weighted by atomic mass is 10.3. The van der Waals surface area contributed by atoms with Crippen molar-refractivity contribution in [2.75, 3.05) is 0 Å². The largest absolute Gasteiger partial charge is 0.543 e. The SMILES string of the molecule is Cc1ccc(C(=O)[O-])nc1Cl. The Morgan fingerprint density at radius 3 is 2.73 bits per heavy atom. The minimum Gasteiger partial charge on any atom is -0.543 e. The molecule has 0 N–H and O–H groups in total. The number of carboxylic acid groups (broad SMARTS) is 1. The minimum atomic E-state index is -1.31. The molecule has 1 aromatic rings. The molecule has 1 aromatic heterocycles. The van der Waals surface area contributed by atoms with Crippen LogP contribution in [0.2, 0.25) is 5.15 Å². The summed E-state index contributed by atoms with van der Waals surface area (Å²) in [6, 6.07) is 2.94. The van der Waals surface area contributed by atoms with E-state index < -0.39 is 5.97 Å². The highest BCUT2D eigenvalue weighted by Crippen LogP contribution is 2.11. The van der Waals surface area contributed by atoms with Gasteiger partial charge in [-0.25, -0.2) is 4.98 Å². The van der Waals surface area contributed by atoms with Crippen molar-refractivity contribution in [1.82, 2.24) is 4.98 Å². The summed E-state index contributed by atoms with van der Waals surface area (Å²) in [6.07, 6.45) is 0. The Morgan fingerprint density at radius 1 is 1.64 bits per heavy atom. The van der Waals surface area contributed by atoms with Crippen molar-refractivity contribution in [3.05, 3.63) is 28.5 Å². The molecule has 0 fully saturated rings. The average molecular weight is 171 g/mol. The zero-order valence-electron chi connectivity index (χ0n) is 5.80. The van der Waals surface area contributed by atoms with E-state index in [4.69, 9.17) is 11.6 Å². The number of aromatic nitrogens is 1. The minimum absolute atomic E-state index is 0.138. The first kappa shape index (κ1) is 8.01. The number of rotatable bonds is 1. The van der Waals surface area contributed by atoms with Crippen LogP contribution in [0.15, 0.2) is 12.1 Å². The van der Waals surface area contributed by atoms with Crippen LogP contribution in [-0.2, 0) is 0 Å². The molecule has 0 saturated heterocycles. The Balaban J connectivity index is 3.15. The van der Waals surface area contributed by atoms with Crippen LogP contribution >= 0.6 is 11.6 Å². The van der Waals surface area contributed by atoms with Crippen molar-refractivity contribution < 1.29 is 9.90 Å². The zero-order chi connectivity index (χ0) is 8.43. The van der Waals surface area contributed by atoms with Gasteiger partial charge in [-0.1, -0.05) is 17.7 Å². The van der Waals surface area contributed by atoms with Gasteiger partial charge in [0.2, 0.25) is 0 Å². The van der Waals surface area contributed by atoms with Gasteiger partial charge < -0.3 is 9.90 Å². The number of pyridine rings is 1. The van der Waals surface area contributed by atoms with Gasteiger partial charge in [0.25, 0.3) is 0 Å². The van der Waals surface area contributed by atoms with E-state index in [9.17, 15) is 9.90 Å². The van der Waals surface area contributed by atoms with E-state index in [0.717, 1.165) is 5.56 Å². The van der Waals surface area contributed by atoms with Gasteiger partial charge >= 0.3 is 0 Å². The second-order valence-electron chi connectivity index (χ2n) is 2.09. The van der Waals surface area contributed by atoms with Gasteiger partial charge in [0, 0.05) is 0 Å². The van der Waals surface area contributed by atoms with Crippen molar-refractivity contribution in [3.63, 3.8) is 0 Å². The maximum atomic E-state index is 10.2. The van der Waals surface area contributed by atoms with Gasteiger partial charge in [-0.15, -0.1) is 0 Å². The first-order chi connectivity index (χ1) is 5.11. The maximum absolute atomic E-state index is 10.2. The Bertz CT molecular complexity index is 298. The molecular weight excluding hydrogens is 166 g/mol. The van der Waals surface area contributed by atoms with Crippen LogP contribution < -0.4 is 5.11 Å². The topological polar surface area (TPSA) is 53.0 Å². The lowest BCUT2D eigenvalue weighted by Crippen LogP contribution is -2.23. The lowest BCUT2D eigenvalue weighted by molar-refractivity contribution is -0.255. The molecule has 4 heteroatoms. The second kappa shape index (κ2) is 2.88. The van der Waals surface area contributed by atoms with E-state index in [0.29, 0.717) is 0 Å². The smallest absolute Gasteiger partial charge is 0.132 e. The van der Waals surface area contributed by atoms with Crippen molar-refractivity contribution >= 4 is 17.6 Å². The van der Waals surface area contributed by atoms with Crippen LogP contribution in [-0.4, -0.2) is 11.0 Å². The van der Waals surface area contributed by atoms with E-state index in [1.807, 2.05) is 0 Å². The third-order valence-electron chi connectivity index (χ3n) is 1.24. The molecule has 1 rings (SSSR count). The zero-order valence-corrected chi connectivity index (χ0v) is 6.55. The number of carbonyl (C=O) groups excluding carboxylic acids is 1. The maximum Gasteiger partial charge on any atom is 0.132 e. The molecule has 0 spiro atoms. The fraction of sp³-hybridized carbons (Fsp3) is 0.143. The normalized spacial score (nSPS) is 9.64. The van der Waals surface area contributed by atoms with Crippen LogP contribution in [0.3, 0.4) is 0 Å². The van der Waals surface area contributed by atoms with Crippen molar-refractivity contribution in [2.45, 2.75) is 6.92 Å². The van der Waals surface area contributed by atoms with Gasteiger partial charge in [0.1, 0.15) is 5.15 Å². The highest BCUT2D eigenvalue weighted by Gasteiger charge is 1.98.